The second kappa shape index (κ2) is 8.55. The third kappa shape index (κ3) is 4.16. The fraction of sp³-hybridized carbons (Fsp3) is 0.500. The van der Waals surface area contributed by atoms with Gasteiger partial charge in [-0.25, -0.2) is 13.9 Å². The van der Waals surface area contributed by atoms with E-state index >= 15 is 0 Å². The van der Waals surface area contributed by atoms with Gasteiger partial charge in [0.05, 0.1) is 35.5 Å². The highest BCUT2D eigenvalue weighted by molar-refractivity contribution is 7.85. The summed E-state index contributed by atoms with van der Waals surface area (Å²) in [4.78, 5) is 9.65. The molecule has 5 aliphatic rings. The monoisotopic (exact) mass is 505 g/mol. The smallest absolute Gasteiger partial charge is 0.131 e. The normalized spacial score (nSPS) is 24.9. The first kappa shape index (κ1) is 22.2. The molecule has 1 saturated carbocycles. The molecule has 1 aromatic carbocycles. The summed E-state index contributed by atoms with van der Waals surface area (Å²) < 4.78 is 22.5. The van der Waals surface area contributed by atoms with Crippen LogP contribution >= 0.6 is 0 Å². The van der Waals surface area contributed by atoms with Gasteiger partial charge in [-0.05, 0) is 61.4 Å². The molecule has 8 rings (SSSR count). The number of piperidine rings is 2. The molecule has 0 radical (unpaired) electrons. The zero-order chi connectivity index (χ0) is 24.3. The standard InChI is InChI=1S/C26H31N7O2S/c1-36(34)29-18-5-6-23(24(13-18)31-11-9-26(7-8-26)10-12-31)33-17-22(28-30-33)21-3-2-4-25(27-21)32-15-19-14-20(16-32)35-19/h2-6,13,17,19-20,29H,7-12,14-16H2,1H3. The van der Waals surface area contributed by atoms with Crippen molar-refractivity contribution >= 4 is 28.2 Å². The van der Waals surface area contributed by atoms with Crippen molar-refractivity contribution in [1.82, 2.24) is 20.0 Å². The highest BCUT2D eigenvalue weighted by Gasteiger charge is 2.44. The van der Waals surface area contributed by atoms with Crippen LogP contribution in [0.5, 0.6) is 0 Å². The average Bonchev–Trinajstić information content (AvgIpc) is 3.44. The van der Waals surface area contributed by atoms with Gasteiger partial charge >= 0.3 is 0 Å². The number of aromatic nitrogens is 4. The second-order valence-corrected chi connectivity index (χ2v) is 11.8. The van der Waals surface area contributed by atoms with E-state index in [1.165, 1.54) is 25.7 Å². The maximum atomic E-state index is 11.8. The van der Waals surface area contributed by atoms with E-state index in [9.17, 15) is 4.21 Å². The molecule has 188 valence electrons. The number of hydrogen-bond donors (Lipinski definition) is 1. The van der Waals surface area contributed by atoms with Crippen LogP contribution in [-0.4, -0.2) is 68.8 Å². The lowest BCUT2D eigenvalue weighted by Gasteiger charge is -2.47. The van der Waals surface area contributed by atoms with Gasteiger partial charge in [-0.2, -0.15) is 0 Å². The van der Waals surface area contributed by atoms with Gasteiger partial charge in [-0.15, -0.1) is 5.10 Å². The second-order valence-electron chi connectivity index (χ2n) is 10.7. The number of morpholine rings is 1. The van der Waals surface area contributed by atoms with Gasteiger partial charge in [0.1, 0.15) is 22.5 Å². The summed E-state index contributed by atoms with van der Waals surface area (Å²) in [6.07, 6.45) is 10.6. The lowest BCUT2D eigenvalue weighted by Crippen LogP contribution is -2.57. The molecule has 4 aliphatic heterocycles. The number of anilines is 3. The van der Waals surface area contributed by atoms with E-state index in [1.807, 2.05) is 35.1 Å². The molecule has 3 unspecified atom stereocenters. The van der Waals surface area contributed by atoms with Gasteiger partial charge in [-0.1, -0.05) is 11.3 Å². The summed E-state index contributed by atoms with van der Waals surface area (Å²) in [5.41, 5.74) is 5.06. The molecule has 1 spiro atoms. The molecule has 36 heavy (non-hydrogen) atoms. The Hall–Kier alpha value is -2.98. The minimum Gasteiger partial charge on any atom is -0.371 e. The van der Waals surface area contributed by atoms with Crippen molar-refractivity contribution in [2.24, 2.45) is 5.41 Å². The molecule has 4 saturated heterocycles. The zero-order valence-electron chi connectivity index (χ0n) is 20.5. The minimum atomic E-state index is -1.13. The van der Waals surface area contributed by atoms with Crippen LogP contribution in [0.4, 0.5) is 17.2 Å². The summed E-state index contributed by atoms with van der Waals surface area (Å²) >= 11 is 0. The SMILES string of the molecule is CS(=O)Nc1ccc(-n2cc(-c3cccc(N4CC5CC(C4)O5)n3)nn2)c(N2CCC3(CC2)CC3)c1. The molecular weight excluding hydrogens is 474 g/mol. The maximum absolute atomic E-state index is 11.8. The van der Waals surface area contributed by atoms with Crippen molar-refractivity contribution in [2.75, 3.05) is 47.0 Å². The fourth-order valence-electron chi connectivity index (χ4n) is 5.88. The number of hydrogen-bond acceptors (Lipinski definition) is 7. The van der Waals surface area contributed by atoms with Crippen molar-refractivity contribution in [3.05, 3.63) is 42.6 Å². The van der Waals surface area contributed by atoms with E-state index in [4.69, 9.17) is 9.72 Å². The van der Waals surface area contributed by atoms with Crippen molar-refractivity contribution in [1.29, 1.82) is 0 Å². The Morgan fingerprint density at radius 3 is 2.50 bits per heavy atom. The number of benzene rings is 1. The summed E-state index contributed by atoms with van der Waals surface area (Å²) in [6.45, 7) is 3.84. The Bertz CT molecular complexity index is 1300. The summed E-state index contributed by atoms with van der Waals surface area (Å²) in [5, 5.41) is 8.98. The topological polar surface area (TPSA) is 88.4 Å². The Balaban J connectivity index is 1.18. The van der Waals surface area contributed by atoms with Crippen LogP contribution in [0.15, 0.2) is 42.6 Å². The van der Waals surface area contributed by atoms with Crippen molar-refractivity contribution < 1.29 is 8.95 Å². The first-order valence-electron chi connectivity index (χ1n) is 12.8. The molecule has 3 aromatic rings. The number of fused-ring (bicyclic) bond motifs is 2. The van der Waals surface area contributed by atoms with E-state index < -0.39 is 11.0 Å². The van der Waals surface area contributed by atoms with Crippen LogP contribution in [0, 0.1) is 5.41 Å². The Morgan fingerprint density at radius 2 is 1.78 bits per heavy atom. The molecule has 1 N–H and O–H groups in total. The van der Waals surface area contributed by atoms with Gasteiger partial charge in [0.25, 0.3) is 0 Å². The van der Waals surface area contributed by atoms with Crippen LogP contribution in [0.1, 0.15) is 32.1 Å². The predicted molar refractivity (Wildman–Crippen MR) is 141 cm³/mol. The van der Waals surface area contributed by atoms with Gasteiger partial charge in [0, 0.05) is 44.5 Å². The van der Waals surface area contributed by atoms with Crippen molar-refractivity contribution in [3.8, 4) is 17.1 Å². The van der Waals surface area contributed by atoms with Crippen LogP contribution in [0.3, 0.4) is 0 Å². The molecule has 6 heterocycles. The Morgan fingerprint density at radius 1 is 1.00 bits per heavy atom. The largest absolute Gasteiger partial charge is 0.371 e. The maximum Gasteiger partial charge on any atom is 0.131 e. The van der Waals surface area contributed by atoms with Crippen molar-refractivity contribution in [3.63, 3.8) is 0 Å². The molecule has 10 heteroatoms. The number of ether oxygens (including phenoxy) is 1. The molecule has 1 aliphatic carbocycles. The molecule has 3 atom stereocenters. The third-order valence-electron chi connectivity index (χ3n) is 8.18. The predicted octanol–water partition coefficient (Wildman–Crippen LogP) is 3.39. The van der Waals surface area contributed by atoms with Gasteiger partial charge < -0.3 is 19.3 Å². The first-order chi connectivity index (χ1) is 17.5. The fourth-order valence-corrected chi connectivity index (χ4v) is 6.34. The molecule has 0 amide bonds. The van der Waals surface area contributed by atoms with Gasteiger partial charge in [0.2, 0.25) is 0 Å². The lowest BCUT2D eigenvalue weighted by molar-refractivity contribution is -0.133. The molecule has 9 nitrogen and oxygen atoms in total. The quantitative estimate of drug-likeness (QED) is 0.549. The number of rotatable bonds is 6. The van der Waals surface area contributed by atoms with E-state index in [0.717, 1.165) is 66.9 Å². The minimum absolute atomic E-state index is 0.334. The third-order valence-corrected chi connectivity index (χ3v) is 8.70. The van der Waals surface area contributed by atoms with Crippen LogP contribution in [-0.2, 0) is 15.7 Å². The molecular formula is C26H31N7O2S. The van der Waals surface area contributed by atoms with E-state index in [-0.39, 0.29) is 0 Å². The summed E-state index contributed by atoms with van der Waals surface area (Å²) in [7, 11) is -1.13. The highest BCUT2D eigenvalue weighted by Crippen LogP contribution is 2.54. The first-order valence-corrected chi connectivity index (χ1v) is 14.4. The average molecular weight is 506 g/mol. The highest BCUT2D eigenvalue weighted by atomic mass is 32.2. The van der Waals surface area contributed by atoms with Crippen LogP contribution in [0.2, 0.25) is 0 Å². The summed E-state index contributed by atoms with van der Waals surface area (Å²) in [5.74, 6) is 0.964. The number of pyridine rings is 1. The number of nitrogens with zero attached hydrogens (tertiary/aromatic N) is 6. The van der Waals surface area contributed by atoms with E-state index in [2.05, 4.69) is 37.0 Å². The molecule has 5 fully saturated rings. The van der Waals surface area contributed by atoms with Crippen molar-refractivity contribution in [2.45, 2.75) is 44.3 Å². The zero-order valence-corrected chi connectivity index (χ0v) is 21.3. The van der Waals surface area contributed by atoms with Crippen LogP contribution in [0.25, 0.3) is 17.1 Å². The van der Waals surface area contributed by atoms with Gasteiger partial charge in [0.15, 0.2) is 0 Å². The lowest BCUT2D eigenvalue weighted by atomic mass is 9.93. The van der Waals surface area contributed by atoms with Gasteiger partial charge in [-0.3, -0.25) is 0 Å². The molecule has 2 aromatic heterocycles. The Kier molecular flexibility index (Phi) is 5.28. The summed E-state index contributed by atoms with van der Waals surface area (Å²) in [6, 6.07) is 12.2. The Labute approximate surface area is 213 Å². The molecule has 2 bridgehead atoms. The van der Waals surface area contributed by atoms with E-state index in [0.29, 0.717) is 17.6 Å². The van der Waals surface area contributed by atoms with E-state index in [1.54, 1.807) is 6.26 Å². The van der Waals surface area contributed by atoms with Crippen LogP contribution < -0.4 is 14.5 Å². The number of nitrogens with one attached hydrogen (secondary N) is 1.